The molecule has 1 amide bonds. The number of rotatable bonds is 6. The molecular formula is C22H27N5O3. The van der Waals surface area contributed by atoms with E-state index in [9.17, 15) is 14.7 Å². The number of allylic oxidation sites excluding steroid dienone is 2. The van der Waals surface area contributed by atoms with E-state index >= 15 is 0 Å². The molecule has 8 nitrogen and oxygen atoms in total. The zero-order valence-electron chi connectivity index (χ0n) is 17.5. The maximum Gasteiger partial charge on any atom is 0.258 e. The monoisotopic (exact) mass is 409 g/mol. The molecule has 0 aromatic carbocycles. The largest absolute Gasteiger partial charge is 0.389 e. The van der Waals surface area contributed by atoms with E-state index < -0.39 is 12.3 Å². The third kappa shape index (κ3) is 3.87. The number of aliphatic hydroxyl groups excluding tert-OH is 1. The molecule has 0 saturated heterocycles. The van der Waals surface area contributed by atoms with Crippen LogP contribution in [-0.4, -0.2) is 39.0 Å². The van der Waals surface area contributed by atoms with Gasteiger partial charge in [0.25, 0.3) is 5.56 Å². The second-order valence-electron chi connectivity index (χ2n) is 8.08. The summed E-state index contributed by atoms with van der Waals surface area (Å²) in [6.07, 6.45) is 5.71. The van der Waals surface area contributed by atoms with Gasteiger partial charge < -0.3 is 20.3 Å². The normalized spacial score (nSPS) is 19.7. The second-order valence-corrected chi connectivity index (χ2v) is 8.08. The van der Waals surface area contributed by atoms with E-state index in [2.05, 4.69) is 20.6 Å². The Hall–Kier alpha value is -3.00. The lowest BCUT2D eigenvalue weighted by atomic mass is 10.0. The number of carbonyl (C=O) groups is 1. The van der Waals surface area contributed by atoms with Crippen molar-refractivity contribution in [1.82, 2.24) is 14.9 Å². The number of carbonyl (C=O) groups excluding carboxylic acids is 1. The number of nitrogens with one attached hydrogen (secondary N) is 2. The van der Waals surface area contributed by atoms with Crippen LogP contribution in [0.3, 0.4) is 0 Å². The Morgan fingerprint density at radius 1 is 1.40 bits per heavy atom. The van der Waals surface area contributed by atoms with Crippen molar-refractivity contribution in [2.24, 2.45) is 18.0 Å². The average Bonchev–Trinajstić information content (AvgIpc) is 3.57. The van der Waals surface area contributed by atoms with E-state index in [1.54, 1.807) is 36.2 Å². The number of aliphatic imine (C=N–C) groups is 1. The van der Waals surface area contributed by atoms with Crippen molar-refractivity contribution < 1.29 is 9.90 Å². The Bertz CT molecular complexity index is 1110. The summed E-state index contributed by atoms with van der Waals surface area (Å²) in [5.41, 5.74) is 2.54. The predicted molar refractivity (Wildman–Crippen MR) is 117 cm³/mol. The highest BCUT2D eigenvalue weighted by atomic mass is 16.3. The lowest BCUT2D eigenvalue weighted by molar-refractivity contribution is -0.117. The van der Waals surface area contributed by atoms with Crippen molar-refractivity contribution in [3.05, 3.63) is 39.9 Å². The number of aliphatic hydroxyl groups is 1. The summed E-state index contributed by atoms with van der Waals surface area (Å²) in [7, 11) is 1.71. The number of pyridine rings is 2. The van der Waals surface area contributed by atoms with Crippen LogP contribution in [0.15, 0.2) is 33.8 Å². The van der Waals surface area contributed by atoms with Gasteiger partial charge in [-0.15, -0.1) is 0 Å². The number of aromatic nitrogens is 2. The molecule has 4 rings (SSSR count). The molecule has 1 aliphatic heterocycles. The van der Waals surface area contributed by atoms with Crippen LogP contribution in [0.5, 0.6) is 0 Å². The highest BCUT2D eigenvalue weighted by Gasteiger charge is 2.30. The maximum atomic E-state index is 13.1. The first kappa shape index (κ1) is 20.3. The van der Waals surface area contributed by atoms with Gasteiger partial charge in [0.2, 0.25) is 5.91 Å². The first-order valence-corrected chi connectivity index (χ1v) is 10.4. The molecule has 0 spiro atoms. The van der Waals surface area contributed by atoms with Crippen LogP contribution in [0.1, 0.15) is 45.1 Å². The summed E-state index contributed by atoms with van der Waals surface area (Å²) in [6.45, 7) is 3.89. The Balaban J connectivity index is 1.66. The van der Waals surface area contributed by atoms with E-state index in [0.29, 0.717) is 28.9 Å². The SMILES string of the molecule is CCCC(O)C1N=CC(c2cc3cnc(NC(=O)C4CC4)cc3n(C)c2=O)=C(C)N1. The fourth-order valence-corrected chi connectivity index (χ4v) is 3.71. The van der Waals surface area contributed by atoms with E-state index in [1.807, 2.05) is 13.8 Å². The van der Waals surface area contributed by atoms with Crippen LogP contribution < -0.4 is 16.2 Å². The topological polar surface area (TPSA) is 109 Å². The van der Waals surface area contributed by atoms with Gasteiger partial charge >= 0.3 is 0 Å². The van der Waals surface area contributed by atoms with E-state index in [4.69, 9.17) is 0 Å². The number of nitrogens with zero attached hydrogens (tertiary/aromatic N) is 3. The molecule has 158 valence electrons. The number of hydrogen-bond acceptors (Lipinski definition) is 6. The van der Waals surface area contributed by atoms with Gasteiger partial charge in [0.1, 0.15) is 12.0 Å². The molecule has 1 saturated carbocycles. The Morgan fingerprint density at radius 2 is 2.17 bits per heavy atom. The lowest BCUT2D eigenvalue weighted by Crippen LogP contribution is -2.40. The summed E-state index contributed by atoms with van der Waals surface area (Å²) in [4.78, 5) is 33.9. The van der Waals surface area contributed by atoms with Crippen LogP contribution in [0, 0.1) is 5.92 Å². The molecule has 30 heavy (non-hydrogen) atoms. The average molecular weight is 409 g/mol. The number of anilines is 1. The van der Waals surface area contributed by atoms with Crippen molar-refractivity contribution in [2.45, 2.75) is 51.8 Å². The second kappa shape index (κ2) is 8.02. The van der Waals surface area contributed by atoms with Crippen molar-refractivity contribution in [3.63, 3.8) is 0 Å². The summed E-state index contributed by atoms with van der Waals surface area (Å²) in [5, 5.41) is 17.0. The fourth-order valence-electron chi connectivity index (χ4n) is 3.71. The third-order valence-corrected chi connectivity index (χ3v) is 5.68. The molecule has 8 heteroatoms. The predicted octanol–water partition coefficient (Wildman–Crippen LogP) is 2.17. The van der Waals surface area contributed by atoms with E-state index in [1.165, 1.54) is 0 Å². The summed E-state index contributed by atoms with van der Waals surface area (Å²) in [6, 6.07) is 3.53. The van der Waals surface area contributed by atoms with E-state index in [0.717, 1.165) is 30.3 Å². The number of amides is 1. The van der Waals surface area contributed by atoms with Crippen molar-refractivity contribution in [3.8, 4) is 0 Å². The quantitative estimate of drug-likeness (QED) is 0.678. The van der Waals surface area contributed by atoms with Crippen LogP contribution in [0.2, 0.25) is 0 Å². The Morgan fingerprint density at radius 3 is 2.83 bits per heavy atom. The molecule has 1 fully saturated rings. The van der Waals surface area contributed by atoms with E-state index in [-0.39, 0.29) is 17.4 Å². The first-order chi connectivity index (χ1) is 14.4. The highest BCUT2D eigenvalue weighted by molar-refractivity contribution is 6.12. The molecule has 0 radical (unpaired) electrons. The summed E-state index contributed by atoms with van der Waals surface area (Å²) >= 11 is 0. The minimum Gasteiger partial charge on any atom is -0.389 e. The van der Waals surface area contributed by atoms with Gasteiger partial charge in [-0.3, -0.25) is 14.6 Å². The van der Waals surface area contributed by atoms with Gasteiger partial charge in [-0.1, -0.05) is 13.3 Å². The first-order valence-electron chi connectivity index (χ1n) is 10.4. The minimum absolute atomic E-state index is 0.0199. The molecule has 2 aromatic rings. The van der Waals surface area contributed by atoms with Gasteiger partial charge in [0.05, 0.1) is 17.2 Å². The van der Waals surface area contributed by atoms with Crippen LogP contribution in [0.4, 0.5) is 5.82 Å². The molecule has 2 atom stereocenters. The molecule has 2 aliphatic rings. The zero-order chi connectivity index (χ0) is 21.4. The lowest BCUT2D eigenvalue weighted by Gasteiger charge is -2.26. The van der Waals surface area contributed by atoms with Crippen molar-refractivity contribution in [1.29, 1.82) is 0 Å². The highest BCUT2D eigenvalue weighted by Crippen LogP contribution is 2.30. The Labute approximate surface area is 174 Å². The molecule has 2 aromatic heterocycles. The maximum absolute atomic E-state index is 13.1. The van der Waals surface area contributed by atoms with Gasteiger partial charge in [-0.25, -0.2) is 4.98 Å². The van der Waals surface area contributed by atoms with Crippen molar-refractivity contribution >= 4 is 34.4 Å². The molecule has 1 aliphatic carbocycles. The Kier molecular flexibility index (Phi) is 5.42. The zero-order valence-corrected chi connectivity index (χ0v) is 17.5. The molecule has 3 heterocycles. The molecule has 3 N–H and O–H groups in total. The smallest absolute Gasteiger partial charge is 0.258 e. The van der Waals surface area contributed by atoms with Gasteiger partial charge in [0.15, 0.2) is 0 Å². The van der Waals surface area contributed by atoms with Gasteiger partial charge in [-0.2, -0.15) is 0 Å². The minimum atomic E-state index is -0.573. The van der Waals surface area contributed by atoms with Crippen molar-refractivity contribution in [2.75, 3.05) is 5.32 Å². The van der Waals surface area contributed by atoms with Crippen LogP contribution in [-0.2, 0) is 11.8 Å². The summed E-state index contributed by atoms with van der Waals surface area (Å²) in [5.74, 6) is 0.515. The number of fused-ring (bicyclic) bond motifs is 1. The number of aryl methyl sites for hydroxylation is 1. The number of hydrogen-bond donors (Lipinski definition) is 3. The molecule has 0 bridgehead atoms. The van der Waals surface area contributed by atoms with Gasteiger partial charge in [-0.05, 0) is 32.3 Å². The molecule has 2 unspecified atom stereocenters. The van der Waals surface area contributed by atoms with Gasteiger partial charge in [0, 0.05) is 48.1 Å². The standard InChI is InChI=1S/C22H27N5O3/c1-4-5-18(28)20-24-11-16(12(2)25-20)15-8-14-10-23-19(26-21(29)13-6-7-13)9-17(14)27(3)22(15)30/h8-11,13,18,20,25,28H,4-7H2,1-3H3,(H,23,26,29). The van der Waals surface area contributed by atoms with Crippen LogP contribution >= 0.6 is 0 Å². The molecular weight excluding hydrogens is 382 g/mol. The summed E-state index contributed by atoms with van der Waals surface area (Å²) < 4.78 is 1.56. The van der Waals surface area contributed by atoms with Crippen LogP contribution in [0.25, 0.3) is 16.5 Å². The fraction of sp³-hybridized carbons (Fsp3) is 0.455. The third-order valence-electron chi connectivity index (χ3n) is 5.68.